The standard InChI is InChI=1S/C13H21N3O2/c14-11-6-2-1-5-10(11)13-15-12(16-18-13)9-4-3-7-17-8-9/h9-11H,1-8,14H2. The fourth-order valence-corrected chi connectivity index (χ4v) is 2.97. The van der Waals surface area contributed by atoms with Crippen molar-refractivity contribution in [3.05, 3.63) is 11.7 Å². The van der Waals surface area contributed by atoms with Gasteiger partial charge in [-0.3, -0.25) is 0 Å². The highest BCUT2D eigenvalue weighted by Crippen LogP contribution is 2.32. The molecule has 18 heavy (non-hydrogen) atoms. The predicted octanol–water partition coefficient (Wildman–Crippen LogP) is 1.95. The van der Waals surface area contributed by atoms with Crippen molar-refractivity contribution in [3.8, 4) is 0 Å². The molecule has 3 unspecified atom stereocenters. The average molecular weight is 251 g/mol. The summed E-state index contributed by atoms with van der Waals surface area (Å²) in [6.45, 7) is 1.57. The molecule has 0 bridgehead atoms. The molecule has 5 nitrogen and oxygen atoms in total. The smallest absolute Gasteiger partial charge is 0.231 e. The zero-order valence-electron chi connectivity index (χ0n) is 10.7. The number of nitrogens with zero attached hydrogens (tertiary/aromatic N) is 2. The van der Waals surface area contributed by atoms with Crippen LogP contribution in [0, 0.1) is 0 Å². The maximum absolute atomic E-state index is 6.15. The monoisotopic (exact) mass is 251 g/mol. The van der Waals surface area contributed by atoms with Crippen molar-refractivity contribution in [3.63, 3.8) is 0 Å². The van der Waals surface area contributed by atoms with Crippen LogP contribution in [0.2, 0.25) is 0 Å². The molecule has 3 atom stereocenters. The molecule has 1 aliphatic carbocycles. The molecule has 0 radical (unpaired) electrons. The number of aromatic nitrogens is 2. The van der Waals surface area contributed by atoms with E-state index in [-0.39, 0.29) is 12.0 Å². The van der Waals surface area contributed by atoms with E-state index in [2.05, 4.69) is 10.1 Å². The number of ether oxygens (including phenoxy) is 1. The van der Waals surface area contributed by atoms with E-state index in [0.717, 1.165) is 50.6 Å². The third-order valence-corrected chi connectivity index (χ3v) is 4.12. The molecule has 3 rings (SSSR count). The highest BCUT2D eigenvalue weighted by molar-refractivity contribution is 5.03. The van der Waals surface area contributed by atoms with E-state index in [1.165, 1.54) is 12.8 Å². The van der Waals surface area contributed by atoms with E-state index in [1.807, 2.05) is 0 Å². The van der Waals surface area contributed by atoms with Gasteiger partial charge in [0.1, 0.15) is 0 Å². The van der Waals surface area contributed by atoms with E-state index in [0.29, 0.717) is 5.92 Å². The summed E-state index contributed by atoms with van der Waals surface area (Å²) in [7, 11) is 0. The van der Waals surface area contributed by atoms with Gasteiger partial charge in [0, 0.05) is 18.6 Å². The Balaban J connectivity index is 1.71. The van der Waals surface area contributed by atoms with Gasteiger partial charge in [-0.25, -0.2) is 0 Å². The fraction of sp³-hybridized carbons (Fsp3) is 0.846. The molecule has 2 N–H and O–H groups in total. The minimum absolute atomic E-state index is 0.176. The molecule has 2 fully saturated rings. The Morgan fingerprint density at radius 1 is 1.11 bits per heavy atom. The molecule has 0 aromatic carbocycles. The van der Waals surface area contributed by atoms with Gasteiger partial charge in [0.05, 0.1) is 12.5 Å². The topological polar surface area (TPSA) is 74.2 Å². The van der Waals surface area contributed by atoms with Crippen LogP contribution in [-0.4, -0.2) is 29.4 Å². The number of hydrogen-bond acceptors (Lipinski definition) is 5. The number of rotatable bonds is 2. The van der Waals surface area contributed by atoms with E-state index in [9.17, 15) is 0 Å². The summed E-state index contributed by atoms with van der Waals surface area (Å²) in [5.74, 6) is 2.10. The van der Waals surface area contributed by atoms with E-state index < -0.39 is 0 Å². The molecule has 1 aromatic heterocycles. The Bertz CT molecular complexity index is 387. The second-order valence-electron chi connectivity index (χ2n) is 5.46. The van der Waals surface area contributed by atoms with Gasteiger partial charge in [-0.2, -0.15) is 4.98 Å². The predicted molar refractivity (Wildman–Crippen MR) is 66.3 cm³/mol. The lowest BCUT2D eigenvalue weighted by atomic mass is 9.85. The zero-order valence-corrected chi connectivity index (χ0v) is 10.7. The van der Waals surface area contributed by atoms with E-state index in [1.54, 1.807) is 0 Å². The van der Waals surface area contributed by atoms with Gasteiger partial charge in [-0.1, -0.05) is 18.0 Å². The summed E-state index contributed by atoms with van der Waals surface area (Å²) in [5, 5.41) is 4.13. The van der Waals surface area contributed by atoms with Crippen LogP contribution in [0.1, 0.15) is 62.1 Å². The Morgan fingerprint density at radius 3 is 2.78 bits per heavy atom. The number of hydrogen-bond donors (Lipinski definition) is 1. The van der Waals surface area contributed by atoms with Crippen molar-refractivity contribution in [1.29, 1.82) is 0 Å². The molecule has 2 heterocycles. The van der Waals surface area contributed by atoms with Crippen LogP contribution in [-0.2, 0) is 4.74 Å². The molecule has 0 amide bonds. The van der Waals surface area contributed by atoms with Crippen molar-refractivity contribution < 1.29 is 9.26 Å². The highest BCUT2D eigenvalue weighted by atomic mass is 16.5. The Morgan fingerprint density at radius 2 is 2.00 bits per heavy atom. The van der Waals surface area contributed by atoms with Gasteiger partial charge >= 0.3 is 0 Å². The summed E-state index contributed by atoms with van der Waals surface area (Å²) in [5.41, 5.74) is 6.15. The van der Waals surface area contributed by atoms with Crippen molar-refractivity contribution in [1.82, 2.24) is 10.1 Å². The van der Waals surface area contributed by atoms with Crippen molar-refractivity contribution in [2.45, 2.75) is 56.4 Å². The lowest BCUT2D eigenvalue weighted by Crippen LogP contribution is -2.31. The summed E-state index contributed by atoms with van der Waals surface area (Å²) in [6.07, 6.45) is 6.74. The molecular formula is C13H21N3O2. The summed E-state index contributed by atoms with van der Waals surface area (Å²) >= 11 is 0. The Kier molecular flexibility index (Phi) is 3.61. The van der Waals surface area contributed by atoms with Crippen LogP contribution < -0.4 is 5.73 Å². The van der Waals surface area contributed by atoms with Crippen LogP contribution >= 0.6 is 0 Å². The molecule has 0 spiro atoms. The van der Waals surface area contributed by atoms with Crippen molar-refractivity contribution in [2.24, 2.45) is 5.73 Å². The molecular weight excluding hydrogens is 230 g/mol. The van der Waals surface area contributed by atoms with Crippen LogP contribution in [0.25, 0.3) is 0 Å². The third kappa shape index (κ3) is 2.42. The van der Waals surface area contributed by atoms with Gasteiger partial charge in [0.15, 0.2) is 5.82 Å². The molecule has 1 saturated heterocycles. The van der Waals surface area contributed by atoms with Crippen LogP contribution in [0.3, 0.4) is 0 Å². The lowest BCUT2D eigenvalue weighted by molar-refractivity contribution is 0.0773. The molecule has 1 aromatic rings. The Labute approximate surface area is 107 Å². The summed E-state index contributed by atoms with van der Waals surface area (Å²) in [4.78, 5) is 4.57. The largest absolute Gasteiger partial charge is 0.381 e. The van der Waals surface area contributed by atoms with Crippen LogP contribution in [0.5, 0.6) is 0 Å². The lowest BCUT2D eigenvalue weighted by Gasteiger charge is -2.25. The maximum atomic E-state index is 6.15. The highest BCUT2D eigenvalue weighted by Gasteiger charge is 2.30. The first-order chi connectivity index (χ1) is 8.84. The number of nitrogens with two attached hydrogens (primary N) is 1. The van der Waals surface area contributed by atoms with Gasteiger partial charge in [-0.05, 0) is 25.7 Å². The molecule has 2 aliphatic rings. The van der Waals surface area contributed by atoms with Crippen LogP contribution in [0.4, 0.5) is 0 Å². The molecule has 1 saturated carbocycles. The first-order valence-corrected chi connectivity index (χ1v) is 7.01. The quantitative estimate of drug-likeness (QED) is 0.869. The first kappa shape index (κ1) is 12.1. The third-order valence-electron chi connectivity index (χ3n) is 4.12. The minimum Gasteiger partial charge on any atom is -0.381 e. The normalized spacial score (nSPS) is 33.5. The minimum atomic E-state index is 0.176. The van der Waals surface area contributed by atoms with Gasteiger partial charge < -0.3 is 15.0 Å². The first-order valence-electron chi connectivity index (χ1n) is 7.01. The average Bonchev–Trinajstić information content (AvgIpc) is 2.90. The van der Waals surface area contributed by atoms with Gasteiger partial charge in [0.2, 0.25) is 5.89 Å². The van der Waals surface area contributed by atoms with Gasteiger partial charge in [0.25, 0.3) is 0 Å². The van der Waals surface area contributed by atoms with E-state index in [4.69, 9.17) is 15.0 Å². The second kappa shape index (κ2) is 5.36. The SMILES string of the molecule is NC1CCCCC1c1nc(C2CCCOC2)no1. The molecule has 5 heteroatoms. The molecule has 1 aliphatic heterocycles. The van der Waals surface area contributed by atoms with Crippen LogP contribution in [0.15, 0.2) is 4.52 Å². The fourth-order valence-electron chi connectivity index (χ4n) is 2.97. The zero-order chi connectivity index (χ0) is 12.4. The molecule has 100 valence electrons. The second-order valence-corrected chi connectivity index (χ2v) is 5.46. The Hall–Kier alpha value is -0.940. The summed E-state index contributed by atoms with van der Waals surface area (Å²) in [6, 6.07) is 0.176. The van der Waals surface area contributed by atoms with Crippen molar-refractivity contribution in [2.75, 3.05) is 13.2 Å². The maximum Gasteiger partial charge on any atom is 0.231 e. The van der Waals surface area contributed by atoms with Gasteiger partial charge in [-0.15, -0.1) is 0 Å². The van der Waals surface area contributed by atoms with E-state index >= 15 is 0 Å². The summed E-state index contributed by atoms with van der Waals surface area (Å²) < 4.78 is 10.9. The van der Waals surface area contributed by atoms with Crippen molar-refractivity contribution >= 4 is 0 Å².